The van der Waals surface area contributed by atoms with Gasteiger partial charge in [0.1, 0.15) is 11.7 Å². The third-order valence-electron chi connectivity index (χ3n) is 6.62. The third kappa shape index (κ3) is 3.55. The number of benzene rings is 3. The lowest BCUT2D eigenvalue weighted by Gasteiger charge is -2.56. The van der Waals surface area contributed by atoms with Gasteiger partial charge in [-0.15, -0.1) is 0 Å². The molecule has 0 spiro atoms. The molecule has 33 heavy (non-hydrogen) atoms. The van der Waals surface area contributed by atoms with Crippen molar-refractivity contribution in [3.8, 4) is 5.75 Å². The van der Waals surface area contributed by atoms with E-state index in [0.717, 1.165) is 39.4 Å². The molecule has 0 saturated carbocycles. The molecule has 5 nitrogen and oxygen atoms in total. The lowest BCUT2D eigenvalue weighted by Crippen LogP contribution is -2.72. The van der Waals surface area contributed by atoms with Crippen LogP contribution in [0.1, 0.15) is 35.2 Å². The zero-order valence-corrected chi connectivity index (χ0v) is 20.0. The maximum Gasteiger partial charge on any atom is 0.236 e. The summed E-state index contributed by atoms with van der Waals surface area (Å²) in [5.74, 6) is 0.0878. The number of aryl methyl sites for hydroxylation is 3. The van der Waals surface area contributed by atoms with E-state index >= 15 is 0 Å². The molecule has 1 saturated heterocycles. The average Bonchev–Trinajstić information content (AvgIpc) is 2.76. The highest BCUT2D eigenvalue weighted by atomic mass is 32.1. The van der Waals surface area contributed by atoms with Crippen LogP contribution in [0.2, 0.25) is 0 Å². The Morgan fingerprint density at radius 1 is 1.03 bits per heavy atom. The number of carbonyl (C=O) groups excluding carboxylic acids is 1. The first kappa shape index (κ1) is 21.5. The van der Waals surface area contributed by atoms with Crippen LogP contribution in [-0.2, 0) is 4.79 Å². The van der Waals surface area contributed by atoms with E-state index in [-0.39, 0.29) is 11.9 Å². The second-order valence-electron chi connectivity index (χ2n) is 9.08. The van der Waals surface area contributed by atoms with E-state index in [9.17, 15) is 4.79 Å². The Morgan fingerprint density at radius 3 is 2.45 bits per heavy atom. The van der Waals surface area contributed by atoms with Crippen molar-refractivity contribution >= 4 is 34.6 Å². The molecule has 2 bridgehead atoms. The van der Waals surface area contributed by atoms with E-state index in [1.54, 1.807) is 0 Å². The van der Waals surface area contributed by atoms with E-state index in [2.05, 4.69) is 16.7 Å². The quantitative estimate of drug-likeness (QED) is 0.515. The molecule has 6 heteroatoms. The van der Waals surface area contributed by atoms with Crippen LogP contribution in [-0.4, -0.2) is 16.7 Å². The van der Waals surface area contributed by atoms with E-state index in [1.165, 1.54) is 0 Å². The summed E-state index contributed by atoms with van der Waals surface area (Å²) >= 11 is 5.80. The number of amides is 1. The van der Waals surface area contributed by atoms with Crippen molar-refractivity contribution in [1.29, 1.82) is 0 Å². The summed E-state index contributed by atoms with van der Waals surface area (Å²) in [5, 5.41) is 7.15. The van der Waals surface area contributed by atoms with Crippen molar-refractivity contribution in [3.05, 3.63) is 89.0 Å². The molecule has 3 unspecified atom stereocenters. The number of nitrogens with one attached hydrogen (secondary N) is 2. The highest BCUT2D eigenvalue weighted by Gasteiger charge is 2.59. The number of hydrogen-bond donors (Lipinski definition) is 2. The molecule has 3 aromatic carbocycles. The number of thiocarbonyl (C=S) groups is 1. The topological polar surface area (TPSA) is 53.6 Å². The highest BCUT2D eigenvalue weighted by Crippen LogP contribution is 2.49. The van der Waals surface area contributed by atoms with Crippen LogP contribution in [0.5, 0.6) is 5.75 Å². The van der Waals surface area contributed by atoms with Crippen LogP contribution in [0.15, 0.2) is 66.7 Å². The molecule has 5 rings (SSSR count). The first-order valence-electron chi connectivity index (χ1n) is 11.1. The van der Waals surface area contributed by atoms with Crippen LogP contribution in [0.3, 0.4) is 0 Å². The summed E-state index contributed by atoms with van der Waals surface area (Å²) in [6.45, 7) is 8.04. The van der Waals surface area contributed by atoms with Crippen molar-refractivity contribution in [2.75, 3.05) is 10.2 Å². The maximum absolute atomic E-state index is 13.9. The molecule has 1 amide bonds. The molecule has 168 valence electrons. The summed E-state index contributed by atoms with van der Waals surface area (Å²) in [7, 11) is 0. The first-order valence-corrected chi connectivity index (χ1v) is 11.5. The summed E-state index contributed by atoms with van der Waals surface area (Å²) in [6.07, 6.45) is 0. The Morgan fingerprint density at radius 2 is 1.73 bits per heavy atom. The van der Waals surface area contributed by atoms with Gasteiger partial charge >= 0.3 is 0 Å². The van der Waals surface area contributed by atoms with Crippen LogP contribution < -0.4 is 20.3 Å². The van der Waals surface area contributed by atoms with E-state index < -0.39 is 11.6 Å². The molecule has 2 aliphatic heterocycles. The fourth-order valence-corrected chi connectivity index (χ4v) is 5.39. The van der Waals surface area contributed by atoms with Crippen molar-refractivity contribution in [2.24, 2.45) is 5.92 Å². The van der Waals surface area contributed by atoms with E-state index in [0.29, 0.717) is 5.11 Å². The molecular formula is C27H27N3O2S. The van der Waals surface area contributed by atoms with Crippen molar-refractivity contribution in [3.63, 3.8) is 0 Å². The van der Waals surface area contributed by atoms with Crippen LogP contribution in [0, 0.1) is 26.7 Å². The Kier molecular flexibility index (Phi) is 5.13. The number of nitrogens with zero attached hydrogens (tertiary/aromatic N) is 1. The fourth-order valence-electron chi connectivity index (χ4n) is 4.98. The SMILES string of the molecule is Cc1ccc(N2C(=S)NC3c4ccccc4OC2(C)C3C(=O)Nc2ccc(C)cc2C)cc1. The minimum atomic E-state index is -1.01. The molecule has 0 radical (unpaired) electrons. The zero-order valence-electron chi connectivity index (χ0n) is 19.2. The Hall–Kier alpha value is -3.38. The summed E-state index contributed by atoms with van der Waals surface area (Å²) in [5.41, 5.74) is 4.92. The number of fused-ring (bicyclic) bond motifs is 4. The van der Waals surface area contributed by atoms with Gasteiger partial charge in [0.05, 0.1) is 6.04 Å². The summed E-state index contributed by atoms with van der Waals surface area (Å²) in [6, 6.07) is 21.7. The first-order chi connectivity index (χ1) is 15.8. The highest BCUT2D eigenvalue weighted by molar-refractivity contribution is 7.80. The smallest absolute Gasteiger partial charge is 0.236 e. The lowest BCUT2D eigenvalue weighted by atomic mass is 9.78. The van der Waals surface area contributed by atoms with Crippen molar-refractivity contribution in [1.82, 2.24) is 5.32 Å². The average molecular weight is 458 g/mol. The van der Waals surface area contributed by atoms with E-state index in [1.807, 2.05) is 93.3 Å². The van der Waals surface area contributed by atoms with Gasteiger partial charge in [0.2, 0.25) is 5.91 Å². The number of carbonyl (C=O) groups is 1. The van der Waals surface area contributed by atoms with Crippen LogP contribution in [0.25, 0.3) is 0 Å². The van der Waals surface area contributed by atoms with E-state index in [4.69, 9.17) is 17.0 Å². The Balaban J connectivity index is 1.61. The largest absolute Gasteiger partial charge is 0.467 e. The predicted octanol–water partition coefficient (Wildman–Crippen LogP) is 5.41. The standard InChI is InChI=1S/C27H27N3O2S/c1-16-9-12-19(13-10-16)30-26(33)29-24-20-7-5-6-8-22(20)32-27(30,4)23(24)25(31)28-21-14-11-17(2)15-18(21)3/h5-15,23-24H,1-4H3,(H,28,31)(H,29,33). The minimum Gasteiger partial charge on any atom is -0.467 e. The fraction of sp³-hybridized carbons (Fsp3) is 0.259. The van der Waals surface area contributed by atoms with Gasteiger partial charge in [-0.1, -0.05) is 53.6 Å². The number of para-hydroxylation sites is 1. The van der Waals surface area contributed by atoms with Crippen LogP contribution in [0.4, 0.5) is 11.4 Å². The monoisotopic (exact) mass is 457 g/mol. The maximum atomic E-state index is 13.9. The molecule has 2 aliphatic rings. The lowest BCUT2D eigenvalue weighted by molar-refractivity contribution is -0.130. The molecule has 1 fully saturated rings. The predicted molar refractivity (Wildman–Crippen MR) is 136 cm³/mol. The minimum absolute atomic E-state index is 0.115. The number of anilines is 2. The van der Waals surface area contributed by atoms with Crippen LogP contribution >= 0.6 is 12.2 Å². The third-order valence-corrected chi connectivity index (χ3v) is 6.92. The molecule has 2 heterocycles. The number of ether oxygens (including phenoxy) is 1. The second kappa shape index (κ2) is 7.89. The normalized spacial score (nSPS) is 23.3. The van der Waals surface area contributed by atoms with Gasteiger partial charge in [-0.2, -0.15) is 0 Å². The number of hydrogen-bond acceptors (Lipinski definition) is 3. The van der Waals surface area contributed by atoms with Gasteiger partial charge in [0, 0.05) is 16.9 Å². The zero-order chi connectivity index (χ0) is 23.3. The van der Waals surface area contributed by atoms with Crippen molar-refractivity contribution < 1.29 is 9.53 Å². The van der Waals surface area contributed by atoms with Crippen molar-refractivity contribution in [2.45, 2.75) is 39.5 Å². The second-order valence-corrected chi connectivity index (χ2v) is 9.46. The number of rotatable bonds is 3. The van der Waals surface area contributed by atoms with Gasteiger partial charge in [-0.25, -0.2) is 0 Å². The summed E-state index contributed by atoms with van der Waals surface area (Å²) < 4.78 is 6.62. The molecule has 0 aromatic heterocycles. The molecular weight excluding hydrogens is 430 g/mol. The molecule has 3 aromatic rings. The molecule has 0 aliphatic carbocycles. The van der Waals surface area contributed by atoms with Gasteiger partial charge in [-0.05, 0) is 69.7 Å². The summed E-state index contributed by atoms with van der Waals surface area (Å²) in [4.78, 5) is 15.8. The Bertz CT molecular complexity index is 1260. The van der Waals surface area contributed by atoms with Gasteiger partial charge in [-0.3, -0.25) is 9.69 Å². The van der Waals surface area contributed by atoms with Gasteiger partial charge in [0.15, 0.2) is 10.8 Å². The molecule has 3 atom stereocenters. The molecule has 2 N–H and O–H groups in total. The van der Waals surface area contributed by atoms with Gasteiger partial charge < -0.3 is 15.4 Å². The van der Waals surface area contributed by atoms with Gasteiger partial charge in [0.25, 0.3) is 0 Å². The Labute approximate surface area is 199 Å².